The van der Waals surface area contributed by atoms with Crippen molar-refractivity contribution in [3.63, 3.8) is 0 Å². The topological polar surface area (TPSA) is 57.2 Å². The van der Waals surface area contributed by atoms with Crippen LogP contribution in [0.4, 0.5) is 5.69 Å². The smallest absolute Gasteiger partial charge is 0.250 e. The molecule has 0 saturated heterocycles. The van der Waals surface area contributed by atoms with Crippen LogP contribution in [0, 0.1) is 0 Å². The van der Waals surface area contributed by atoms with E-state index in [1.165, 1.54) is 10.6 Å². The van der Waals surface area contributed by atoms with Crippen LogP contribution in [-0.2, 0) is 6.54 Å². The molecule has 1 heterocycles. The van der Waals surface area contributed by atoms with Gasteiger partial charge in [0.05, 0.1) is 11.6 Å². The Morgan fingerprint density at radius 3 is 2.78 bits per heavy atom. The van der Waals surface area contributed by atoms with Crippen molar-refractivity contribution >= 4 is 17.3 Å². The summed E-state index contributed by atoms with van der Waals surface area (Å²) in [6.07, 6.45) is 1.60. The van der Waals surface area contributed by atoms with Crippen molar-refractivity contribution < 1.29 is 4.74 Å². The zero-order valence-corrected chi connectivity index (χ0v) is 10.4. The number of hydrogen-bond acceptors (Lipinski definition) is 3. The van der Waals surface area contributed by atoms with Gasteiger partial charge in [0, 0.05) is 18.0 Å². The molecule has 0 aliphatic carbocycles. The van der Waals surface area contributed by atoms with Gasteiger partial charge < -0.3 is 15.0 Å². The number of hydrogen-bond donors (Lipinski definition) is 1. The summed E-state index contributed by atoms with van der Waals surface area (Å²) in [5, 5.41) is 0.553. The standard InChI is InChI=1S/C13H13ClN2O2/c14-11-3-1-2-4-12(11)18-8-7-16-9-10(15)5-6-13(16)17/h1-6,9H,7-8,15H2. The Labute approximate surface area is 110 Å². The number of aromatic nitrogens is 1. The van der Waals surface area contributed by atoms with Gasteiger partial charge in [-0.2, -0.15) is 0 Å². The molecule has 2 rings (SSSR count). The number of nitrogen functional groups attached to an aromatic ring is 1. The first-order valence-electron chi connectivity index (χ1n) is 5.50. The normalized spacial score (nSPS) is 10.3. The van der Waals surface area contributed by atoms with Gasteiger partial charge in [0.15, 0.2) is 0 Å². The van der Waals surface area contributed by atoms with Crippen molar-refractivity contribution in [3.05, 3.63) is 58.0 Å². The Kier molecular flexibility index (Phi) is 3.89. The van der Waals surface area contributed by atoms with Gasteiger partial charge in [-0.25, -0.2) is 0 Å². The Hall–Kier alpha value is -1.94. The zero-order valence-electron chi connectivity index (χ0n) is 9.67. The lowest BCUT2D eigenvalue weighted by atomic mass is 10.3. The quantitative estimate of drug-likeness (QED) is 0.921. The van der Waals surface area contributed by atoms with Crippen LogP contribution in [0.1, 0.15) is 0 Å². The molecule has 0 amide bonds. The lowest BCUT2D eigenvalue weighted by Crippen LogP contribution is -2.22. The third-order valence-electron chi connectivity index (χ3n) is 2.43. The fourth-order valence-corrected chi connectivity index (χ4v) is 1.73. The summed E-state index contributed by atoms with van der Waals surface area (Å²) in [6, 6.07) is 10.2. The van der Waals surface area contributed by atoms with Crippen LogP contribution < -0.4 is 16.0 Å². The van der Waals surface area contributed by atoms with Crippen LogP contribution in [0.25, 0.3) is 0 Å². The number of nitrogens with zero attached hydrogens (tertiary/aromatic N) is 1. The Morgan fingerprint density at radius 1 is 1.22 bits per heavy atom. The number of nitrogens with two attached hydrogens (primary N) is 1. The van der Waals surface area contributed by atoms with Crippen LogP contribution in [0.3, 0.4) is 0 Å². The van der Waals surface area contributed by atoms with Gasteiger partial charge in [0.1, 0.15) is 12.4 Å². The summed E-state index contributed by atoms with van der Waals surface area (Å²) < 4.78 is 7.01. The molecule has 4 nitrogen and oxygen atoms in total. The highest BCUT2D eigenvalue weighted by Crippen LogP contribution is 2.22. The number of pyridine rings is 1. The monoisotopic (exact) mass is 264 g/mol. The zero-order chi connectivity index (χ0) is 13.0. The van der Waals surface area contributed by atoms with Gasteiger partial charge in [-0.15, -0.1) is 0 Å². The first kappa shape index (κ1) is 12.5. The van der Waals surface area contributed by atoms with Gasteiger partial charge in [0.2, 0.25) is 0 Å². The fourth-order valence-electron chi connectivity index (χ4n) is 1.54. The first-order chi connectivity index (χ1) is 8.66. The van der Waals surface area contributed by atoms with Crippen molar-refractivity contribution in [3.8, 4) is 5.75 Å². The van der Waals surface area contributed by atoms with Gasteiger partial charge >= 0.3 is 0 Å². The van der Waals surface area contributed by atoms with E-state index in [2.05, 4.69) is 0 Å². The molecule has 5 heteroatoms. The van der Waals surface area contributed by atoms with Crippen molar-refractivity contribution in [2.75, 3.05) is 12.3 Å². The molecule has 1 aromatic carbocycles. The highest BCUT2D eigenvalue weighted by molar-refractivity contribution is 6.32. The van der Waals surface area contributed by atoms with E-state index >= 15 is 0 Å². The van der Waals surface area contributed by atoms with Crippen LogP contribution >= 0.6 is 11.6 Å². The van der Waals surface area contributed by atoms with E-state index in [-0.39, 0.29) is 5.56 Å². The number of rotatable bonds is 4. The van der Waals surface area contributed by atoms with Crippen molar-refractivity contribution in [2.24, 2.45) is 0 Å². The molecule has 0 atom stereocenters. The SMILES string of the molecule is Nc1ccc(=O)n(CCOc2ccccc2Cl)c1. The second kappa shape index (κ2) is 5.60. The minimum atomic E-state index is -0.105. The fraction of sp³-hybridized carbons (Fsp3) is 0.154. The van der Waals surface area contributed by atoms with E-state index in [4.69, 9.17) is 22.1 Å². The van der Waals surface area contributed by atoms with E-state index in [1.807, 2.05) is 12.1 Å². The average molecular weight is 265 g/mol. The van der Waals surface area contributed by atoms with Gasteiger partial charge in [-0.3, -0.25) is 4.79 Å². The van der Waals surface area contributed by atoms with E-state index in [9.17, 15) is 4.79 Å². The Balaban J connectivity index is 1.99. The van der Waals surface area contributed by atoms with E-state index < -0.39 is 0 Å². The predicted molar refractivity (Wildman–Crippen MR) is 72.1 cm³/mol. The number of ether oxygens (including phenoxy) is 1. The van der Waals surface area contributed by atoms with Crippen LogP contribution in [-0.4, -0.2) is 11.2 Å². The maximum atomic E-state index is 11.5. The molecule has 0 spiro atoms. The van der Waals surface area contributed by atoms with E-state index in [0.29, 0.717) is 29.6 Å². The minimum absolute atomic E-state index is 0.105. The average Bonchev–Trinajstić information content (AvgIpc) is 2.36. The molecule has 2 aromatic rings. The summed E-state index contributed by atoms with van der Waals surface area (Å²) in [6.45, 7) is 0.780. The summed E-state index contributed by atoms with van der Waals surface area (Å²) in [7, 11) is 0. The molecule has 0 unspecified atom stereocenters. The molecule has 18 heavy (non-hydrogen) atoms. The largest absolute Gasteiger partial charge is 0.490 e. The number of anilines is 1. The molecular weight excluding hydrogens is 252 g/mol. The lowest BCUT2D eigenvalue weighted by Gasteiger charge is -2.09. The Morgan fingerprint density at radius 2 is 2.00 bits per heavy atom. The second-order valence-electron chi connectivity index (χ2n) is 3.77. The molecule has 0 aliphatic heterocycles. The molecule has 1 aromatic heterocycles. The molecule has 2 N–H and O–H groups in total. The number of para-hydroxylation sites is 1. The summed E-state index contributed by atoms with van der Waals surface area (Å²) in [5.41, 5.74) is 6.06. The molecule has 0 aliphatic rings. The lowest BCUT2D eigenvalue weighted by molar-refractivity contribution is 0.296. The molecule has 0 radical (unpaired) electrons. The van der Waals surface area contributed by atoms with Crippen molar-refractivity contribution in [1.82, 2.24) is 4.57 Å². The highest BCUT2D eigenvalue weighted by atomic mass is 35.5. The minimum Gasteiger partial charge on any atom is -0.490 e. The summed E-state index contributed by atoms with van der Waals surface area (Å²) in [4.78, 5) is 11.5. The molecule has 0 fully saturated rings. The van der Waals surface area contributed by atoms with Crippen LogP contribution in [0.2, 0.25) is 5.02 Å². The molecule has 0 saturated carbocycles. The predicted octanol–water partition coefficient (Wildman–Crippen LogP) is 2.16. The third-order valence-corrected chi connectivity index (χ3v) is 2.75. The van der Waals surface area contributed by atoms with Crippen molar-refractivity contribution in [1.29, 1.82) is 0 Å². The molecule has 0 bridgehead atoms. The highest BCUT2D eigenvalue weighted by Gasteiger charge is 2.00. The van der Waals surface area contributed by atoms with Crippen molar-refractivity contribution in [2.45, 2.75) is 6.54 Å². The van der Waals surface area contributed by atoms with Gasteiger partial charge in [-0.1, -0.05) is 23.7 Å². The maximum absolute atomic E-state index is 11.5. The first-order valence-corrected chi connectivity index (χ1v) is 5.88. The van der Waals surface area contributed by atoms with Gasteiger partial charge in [0.25, 0.3) is 5.56 Å². The van der Waals surface area contributed by atoms with Gasteiger partial charge in [-0.05, 0) is 18.2 Å². The third kappa shape index (κ3) is 3.05. The van der Waals surface area contributed by atoms with E-state index in [1.54, 1.807) is 24.4 Å². The number of benzene rings is 1. The number of halogens is 1. The van der Waals surface area contributed by atoms with Crippen LogP contribution in [0.15, 0.2) is 47.4 Å². The Bertz CT molecular complexity index is 596. The maximum Gasteiger partial charge on any atom is 0.250 e. The molecule has 94 valence electrons. The van der Waals surface area contributed by atoms with Crippen LogP contribution in [0.5, 0.6) is 5.75 Å². The second-order valence-corrected chi connectivity index (χ2v) is 4.18. The van der Waals surface area contributed by atoms with E-state index in [0.717, 1.165) is 0 Å². The summed E-state index contributed by atoms with van der Waals surface area (Å²) in [5.74, 6) is 0.608. The summed E-state index contributed by atoms with van der Waals surface area (Å²) >= 11 is 5.95. The molecular formula is C13H13ClN2O2.